The smallest absolute Gasteiger partial charge is 0.230 e. The highest BCUT2D eigenvalue weighted by Crippen LogP contribution is 2.32. The molecule has 0 unspecified atom stereocenters. The Kier molecular flexibility index (Phi) is 6.14. The molecule has 0 radical (unpaired) electrons. The zero-order chi connectivity index (χ0) is 20.2. The molecule has 1 fully saturated rings. The van der Waals surface area contributed by atoms with Gasteiger partial charge in [0.1, 0.15) is 10.7 Å². The first-order valence-electron chi connectivity index (χ1n) is 10.4. The third-order valence-electron chi connectivity index (χ3n) is 6.09. The lowest BCUT2D eigenvalue weighted by Gasteiger charge is -2.34. The molecule has 1 N–H and O–H groups in total. The van der Waals surface area contributed by atoms with E-state index in [4.69, 9.17) is 0 Å². The van der Waals surface area contributed by atoms with Crippen molar-refractivity contribution < 1.29 is 4.79 Å². The van der Waals surface area contributed by atoms with Gasteiger partial charge in [-0.3, -0.25) is 4.79 Å². The van der Waals surface area contributed by atoms with E-state index in [2.05, 4.69) is 41.5 Å². The van der Waals surface area contributed by atoms with E-state index in [1.807, 2.05) is 42.5 Å². The minimum atomic E-state index is 0.0824. The third-order valence-corrected chi connectivity index (χ3v) is 7.08. The number of carbonyl (C=O) groups is 1. The van der Waals surface area contributed by atoms with Gasteiger partial charge in [-0.1, -0.05) is 93.0 Å². The van der Waals surface area contributed by atoms with Gasteiger partial charge in [-0.15, -0.1) is 10.2 Å². The van der Waals surface area contributed by atoms with Crippen LogP contribution < -0.4 is 5.32 Å². The van der Waals surface area contributed by atoms with Crippen molar-refractivity contribution in [1.29, 1.82) is 0 Å². The molecule has 3 aromatic rings. The molecule has 0 bridgehead atoms. The lowest BCUT2D eigenvalue weighted by Crippen LogP contribution is -2.44. The third kappa shape index (κ3) is 4.45. The van der Waals surface area contributed by atoms with Crippen LogP contribution in [0.15, 0.2) is 59.6 Å². The van der Waals surface area contributed by atoms with Crippen molar-refractivity contribution in [3.63, 3.8) is 0 Å². The molecular formula is C24H27N3OS. The van der Waals surface area contributed by atoms with Gasteiger partial charge in [0.05, 0.1) is 5.75 Å². The number of nitrogens with zero attached hydrogens (tertiary/aromatic N) is 2. The molecule has 0 spiro atoms. The van der Waals surface area contributed by atoms with Crippen LogP contribution in [0.3, 0.4) is 0 Å². The molecule has 3 atom stereocenters. The first-order chi connectivity index (χ1) is 14.1. The SMILES string of the molecule is C[C@@H]1[C@H](C)CCC[C@@H]1NC(=O)CSc1nnc(-c2ccccc2)c2ccccc12. The Balaban J connectivity index is 1.50. The summed E-state index contributed by atoms with van der Waals surface area (Å²) in [6.07, 6.45) is 3.54. The average molecular weight is 406 g/mol. The number of thioether (sulfide) groups is 1. The van der Waals surface area contributed by atoms with Gasteiger partial charge >= 0.3 is 0 Å². The molecule has 1 heterocycles. The highest BCUT2D eigenvalue weighted by molar-refractivity contribution is 8.00. The largest absolute Gasteiger partial charge is 0.352 e. The van der Waals surface area contributed by atoms with Gasteiger partial charge in [0.25, 0.3) is 0 Å². The van der Waals surface area contributed by atoms with Gasteiger partial charge in [-0.25, -0.2) is 0 Å². The van der Waals surface area contributed by atoms with Crippen molar-refractivity contribution in [2.75, 3.05) is 5.75 Å². The van der Waals surface area contributed by atoms with Crippen LogP contribution in [0.4, 0.5) is 0 Å². The quantitative estimate of drug-likeness (QED) is 0.583. The van der Waals surface area contributed by atoms with Crippen LogP contribution in [-0.4, -0.2) is 27.9 Å². The number of benzene rings is 2. The van der Waals surface area contributed by atoms with E-state index in [-0.39, 0.29) is 11.9 Å². The van der Waals surface area contributed by atoms with Gasteiger partial charge in [0.15, 0.2) is 0 Å². The highest BCUT2D eigenvalue weighted by Gasteiger charge is 2.28. The van der Waals surface area contributed by atoms with E-state index in [0.29, 0.717) is 17.6 Å². The van der Waals surface area contributed by atoms with Gasteiger partial charge in [0.2, 0.25) is 5.91 Å². The minimum absolute atomic E-state index is 0.0824. The van der Waals surface area contributed by atoms with Gasteiger partial charge < -0.3 is 5.32 Å². The fraction of sp³-hybridized carbons (Fsp3) is 0.375. The molecule has 1 aliphatic rings. The van der Waals surface area contributed by atoms with E-state index < -0.39 is 0 Å². The van der Waals surface area contributed by atoms with Crippen LogP contribution >= 0.6 is 11.8 Å². The fourth-order valence-electron chi connectivity index (χ4n) is 4.16. The summed E-state index contributed by atoms with van der Waals surface area (Å²) in [5, 5.41) is 15.1. The summed E-state index contributed by atoms with van der Waals surface area (Å²) in [5.41, 5.74) is 1.92. The molecule has 150 valence electrons. The number of aromatic nitrogens is 2. The van der Waals surface area contributed by atoms with Crippen molar-refractivity contribution in [1.82, 2.24) is 15.5 Å². The van der Waals surface area contributed by atoms with Crippen LogP contribution in [0.2, 0.25) is 0 Å². The molecular weight excluding hydrogens is 378 g/mol. The minimum Gasteiger partial charge on any atom is -0.352 e. The number of nitrogens with one attached hydrogen (secondary N) is 1. The number of rotatable bonds is 5. The van der Waals surface area contributed by atoms with Crippen molar-refractivity contribution >= 4 is 28.4 Å². The topological polar surface area (TPSA) is 54.9 Å². The molecule has 29 heavy (non-hydrogen) atoms. The normalized spacial score (nSPS) is 21.8. The molecule has 4 nitrogen and oxygen atoms in total. The molecule has 1 aromatic heterocycles. The lowest BCUT2D eigenvalue weighted by molar-refractivity contribution is -0.119. The van der Waals surface area contributed by atoms with Crippen molar-refractivity contribution in [2.24, 2.45) is 11.8 Å². The average Bonchev–Trinajstić information content (AvgIpc) is 2.76. The van der Waals surface area contributed by atoms with Crippen LogP contribution in [0.5, 0.6) is 0 Å². The van der Waals surface area contributed by atoms with Crippen LogP contribution in [0, 0.1) is 11.8 Å². The zero-order valence-electron chi connectivity index (χ0n) is 17.0. The van der Waals surface area contributed by atoms with E-state index in [0.717, 1.165) is 33.5 Å². The van der Waals surface area contributed by atoms with Crippen molar-refractivity contribution in [2.45, 2.75) is 44.2 Å². The molecule has 4 rings (SSSR count). The summed E-state index contributed by atoms with van der Waals surface area (Å²) in [7, 11) is 0. The Morgan fingerprint density at radius 1 is 1.00 bits per heavy atom. The number of amides is 1. The van der Waals surface area contributed by atoms with E-state index >= 15 is 0 Å². The van der Waals surface area contributed by atoms with Gasteiger partial charge in [-0.2, -0.15) is 0 Å². The standard InChI is InChI=1S/C24H27N3OS/c1-16-9-8-14-21(17(16)2)25-22(28)15-29-24-20-13-7-6-12-19(20)23(26-27-24)18-10-4-3-5-11-18/h3-7,10-13,16-17,21H,8-9,14-15H2,1-2H3,(H,25,28)/t16-,17-,21+/m1/s1. The Morgan fingerprint density at radius 3 is 2.52 bits per heavy atom. The Morgan fingerprint density at radius 2 is 1.72 bits per heavy atom. The van der Waals surface area contributed by atoms with Crippen LogP contribution in [0.1, 0.15) is 33.1 Å². The number of carbonyl (C=O) groups excluding carboxylic acids is 1. The Hall–Kier alpha value is -2.40. The van der Waals surface area contributed by atoms with Crippen molar-refractivity contribution in [3.8, 4) is 11.3 Å². The number of hydrogen-bond acceptors (Lipinski definition) is 4. The second-order valence-electron chi connectivity index (χ2n) is 8.00. The first kappa shape index (κ1) is 19.9. The highest BCUT2D eigenvalue weighted by atomic mass is 32.2. The second-order valence-corrected chi connectivity index (χ2v) is 8.96. The predicted molar refractivity (Wildman–Crippen MR) is 120 cm³/mol. The molecule has 0 saturated heterocycles. The predicted octanol–water partition coefficient (Wildman–Crippen LogP) is 5.33. The van der Waals surface area contributed by atoms with Gasteiger partial charge in [0, 0.05) is 22.4 Å². The summed E-state index contributed by atoms with van der Waals surface area (Å²) in [5.74, 6) is 1.64. The number of fused-ring (bicyclic) bond motifs is 1. The summed E-state index contributed by atoms with van der Waals surface area (Å²) < 4.78 is 0. The van der Waals surface area contributed by atoms with E-state index in [9.17, 15) is 4.79 Å². The first-order valence-corrected chi connectivity index (χ1v) is 11.3. The molecule has 1 saturated carbocycles. The molecule has 1 amide bonds. The molecule has 2 aromatic carbocycles. The Bertz CT molecular complexity index is 992. The maximum atomic E-state index is 12.6. The van der Waals surface area contributed by atoms with Crippen LogP contribution in [0.25, 0.3) is 22.0 Å². The van der Waals surface area contributed by atoms with E-state index in [1.54, 1.807) is 0 Å². The summed E-state index contributed by atoms with van der Waals surface area (Å²) >= 11 is 1.47. The molecule has 5 heteroatoms. The Labute approximate surface area is 176 Å². The van der Waals surface area contributed by atoms with Gasteiger partial charge in [-0.05, 0) is 18.3 Å². The summed E-state index contributed by atoms with van der Waals surface area (Å²) in [6, 6.07) is 18.5. The summed E-state index contributed by atoms with van der Waals surface area (Å²) in [6.45, 7) is 4.54. The molecule has 1 aliphatic carbocycles. The zero-order valence-corrected chi connectivity index (χ0v) is 17.8. The maximum Gasteiger partial charge on any atom is 0.230 e. The monoisotopic (exact) mass is 405 g/mol. The fourth-order valence-corrected chi connectivity index (χ4v) is 4.95. The van der Waals surface area contributed by atoms with Crippen LogP contribution in [-0.2, 0) is 4.79 Å². The second kappa shape index (κ2) is 8.95. The van der Waals surface area contributed by atoms with E-state index in [1.165, 1.54) is 24.6 Å². The number of hydrogen-bond donors (Lipinski definition) is 1. The summed E-state index contributed by atoms with van der Waals surface area (Å²) in [4.78, 5) is 12.6. The molecule has 0 aliphatic heterocycles. The van der Waals surface area contributed by atoms with Crippen molar-refractivity contribution in [3.05, 3.63) is 54.6 Å². The lowest BCUT2D eigenvalue weighted by atomic mass is 9.78. The maximum absolute atomic E-state index is 12.6.